The molecule has 0 N–H and O–H groups in total. The van der Waals surface area contributed by atoms with Gasteiger partial charge in [-0.1, -0.05) is 87.9 Å². The maximum Gasteiger partial charge on any atom is 0.317 e. The third-order valence-corrected chi connectivity index (χ3v) is 6.04. The average molecular weight is 455 g/mol. The van der Waals surface area contributed by atoms with Crippen molar-refractivity contribution in [3.63, 3.8) is 0 Å². The maximum atomic E-state index is 12.4. The number of rotatable bonds is 16. The molecular weight excluding hydrogens is 410 g/mol. The molecule has 2 rings (SSSR count). The second-order valence-corrected chi connectivity index (χ2v) is 9.90. The van der Waals surface area contributed by atoms with Crippen molar-refractivity contribution in [2.75, 3.05) is 27.4 Å². The molecule has 1 atom stereocenters. The first-order valence-corrected chi connectivity index (χ1v) is 12.6. The Morgan fingerprint density at radius 1 is 0.848 bits per heavy atom. The van der Waals surface area contributed by atoms with Crippen molar-refractivity contribution in [1.82, 2.24) is 0 Å². The number of unbranched alkanes of at least 4 members (excludes halogenated alkanes) is 6. The topological polar surface area (TPSA) is 35.5 Å². The predicted octanol–water partition coefficient (Wildman–Crippen LogP) is 6.77. The van der Waals surface area contributed by atoms with E-state index in [1.807, 2.05) is 37.3 Å². The molecule has 0 aromatic heterocycles. The molecule has 4 heteroatoms. The van der Waals surface area contributed by atoms with Crippen LogP contribution in [0, 0.1) is 5.92 Å². The van der Waals surface area contributed by atoms with Crippen LogP contribution >= 0.6 is 0 Å². The predicted molar refractivity (Wildman–Crippen MR) is 136 cm³/mol. The number of carbonyl (C=O) groups excluding carboxylic acids is 1. The number of nitrogens with zero attached hydrogens (tertiary/aromatic N) is 1. The molecule has 0 radical (unpaired) electrons. The average Bonchev–Trinajstić information content (AvgIpc) is 2.79. The summed E-state index contributed by atoms with van der Waals surface area (Å²) in [4.78, 5) is 12.4. The summed E-state index contributed by atoms with van der Waals surface area (Å²) in [6, 6.07) is 18.5. The molecule has 4 nitrogen and oxygen atoms in total. The van der Waals surface area contributed by atoms with Crippen LogP contribution in [0.4, 0.5) is 0 Å². The molecular formula is C29H44NO3+. The molecule has 2 aromatic rings. The van der Waals surface area contributed by atoms with E-state index in [2.05, 4.69) is 45.3 Å². The van der Waals surface area contributed by atoms with E-state index in [0.717, 1.165) is 23.2 Å². The fourth-order valence-electron chi connectivity index (χ4n) is 4.29. The van der Waals surface area contributed by atoms with Crippen molar-refractivity contribution in [2.45, 2.75) is 71.8 Å². The van der Waals surface area contributed by atoms with Crippen LogP contribution in [-0.4, -0.2) is 37.9 Å². The van der Waals surface area contributed by atoms with Crippen molar-refractivity contribution in [3.05, 3.63) is 65.7 Å². The molecule has 0 spiro atoms. The van der Waals surface area contributed by atoms with Crippen molar-refractivity contribution in [2.24, 2.45) is 5.92 Å². The van der Waals surface area contributed by atoms with Crippen molar-refractivity contribution < 1.29 is 18.8 Å². The number of esters is 1. The molecule has 1 unspecified atom stereocenters. The molecule has 0 saturated carbocycles. The Kier molecular flexibility index (Phi) is 12.0. The minimum atomic E-state index is -0.218. The summed E-state index contributed by atoms with van der Waals surface area (Å²) in [6.45, 7) is 5.71. The van der Waals surface area contributed by atoms with Gasteiger partial charge < -0.3 is 14.0 Å². The van der Waals surface area contributed by atoms with Gasteiger partial charge in [0, 0.05) is 5.56 Å². The summed E-state index contributed by atoms with van der Waals surface area (Å²) >= 11 is 0. The molecule has 0 amide bonds. The van der Waals surface area contributed by atoms with E-state index in [1.54, 1.807) is 0 Å². The van der Waals surface area contributed by atoms with E-state index in [9.17, 15) is 4.79 Å². The zero-order valence-corrected chi connectivity index (χ0v) is 21.2. The van der Waals surface area contributed by atoms with Crippen molar-refractivity contribution in [3.8, 4) is 5.75 Å². The van der Waals surface area contributed by atoms with Gasteiger partial charge in [0.1, 0.15) is 18.2 Å². The molecule has 0 heterocycles. The largest absolute Gasteiger partial charge is 0.457 e. The summed E-state index contributed by atoms with van der Waals surface area (Å²) in [7, 11) is 4.28. The first-order valence-electron chi connectivity index (χ1n) is 12.6. The van der Waals surface area contributed by atoms with Crippen molar-refractivity contribution in [1.29, 1.82) is 0 Å². The number of hydrogen-bond acceptors (Lipinski definition) is 3. The number of aryl methyl sites for hydroxylation is 1. The Hall–Kier alpha value is -2.33. The van der Waals surface area contributed by atoms with Gasteiger partial charge in [0.15, 0.2) is 0 Å². The minimum Gasteiger partial charge on any atom is -0.457 e. The van der Waals surface area contributed by atoms with Crippen molar-refractivity contribution >= 4 is 5.97 Å². The van der Waals surface area contributed by atoms with Gasteiger partial charge in [-0.2, -0.15) is 0 Å². The first-order chi connectivity index (χ1) is 15.9. The number of ether oxygens (including phenoxy) is 2. The Balaban J connectivity index is 1.63. The van der Waals surface area contributed by atoms with Gasteiger partial charge in [-0.15, -0.1) is 0 Å². The third-order valence-electron chi connectivity index (χ3n) is 6.04. The maximum absolute atomic E-state index is 12.4. The fraction of sp³-hybridized carbons (Fsp3) is 0.552. The lowest BCUT2D eigenvalue weighted by Gasteiger charge is -2.31. The van der Waals surface area contributed by atoms with E-state index in [0.29, 0.717) is 6.54 Å². The summed E-state index contributed by atoms with van der Waals surface area (Å²) in [6.07, 6.45) is 10.4. The van der Waals surface area contributed by atoms with Gasteiger partial charge in [0.05, 0.1) is 20.6 Å². The highest BCUT2D eigenvalue weighted by atomic mass is 16.7. The smallest absolute Gasteiger partial charge is 0.317 e. The van der Waals surface area contributed by atoms with E-state index >= 15 is 0 Å². The van der Waals surface area contributed by atoms with Crippen LogP contribution < -0.4 is 4.74 Å². The standard InChI is InChI=1S/C29H44NO3/c1-5-6-7-8-9-10-12-15-26-18-20-28(21-19-26)32-24-33-29(31)25(2)22-30(3,4)23-27-16-13-11-14-17-27/h11,13-14,16-21,25H,5-10,12,15,22-24H2,1-4H3/q+1. The molecule has 33 heavy (non-hydrogen) atoms. The van der Waals surface area contributed by atoms with E-state index in [4.69, 9.17) is 9.47 Å². The monoisotopic (exact) mass is 454 g/mol. The summed E-state index contributed by atoms with van der Waals surface area (Å²) in [5.41, 5.74) is 2.60. The van der Waals surface area contributed by atoms with Gasteiger partial charge in [0.25, 0.3) is 0 Å². The number of quaternary nitrogens is 1. The molecule has 0 aliphatic carbocycles. The van der Waals surface area contributed by atoms with Crippen LogP contribution in [0.15, 0.2) is 54.6 Å². The van der Waals surface area contributed by atoms with E-state index < -0.39 is 0 Å². The Morgan fingerprint density at radius 2 is 1.48 bits per heavy atom. The lowest BCUT2D eigenvalue weighted by atomic mass is 10.0. The lowest BCUT2D eigenvalue weighted by Crippen LogP contribution is -2.44. The van der Waals surface area contributed by atoms with Crippen LogP contribution in [0.5, 0.6) is 5.75 Å². The molecule has 0 bridgehead atoms. The van der Waals surface area contributed by atoms with Gasteiger partial charge in [-0.25, -0.2) is 0 Å². The molecule has 0 fully saturated rings. The highest BCUT2D eigenvalue weighted by Crippen LogP contribution is 2.16. The summed E-state index contributed by atoms with van der Waals surface area (Å²) in [5, 5.41) is 0. The van der Waals surface area contributed by atoms with Crippen LogP contribution in [0.1, 0.15) is 69.9 Å². The number of carbonyl (C=O) groups is 1. The summed E-state index contributed by atoms with van der Waals surface area (Å²) < 4.78 is 11.7. The third kappa shape index (κ3) is 11.4. The van der Waals surface area contributed by atoms with Crippen LogP contribution in [0.25, 0.3) is 0 Å². The van der Waals surface area contributed by atoms with Crippen LogP contribution in [-0.2, 0) is 22.5 Å². The minimum absolute atomic E-state index is 0.0492. The number of benzene rings is 2. The summed E-state index contributed by atoms with van der Waals surface area (Å²) in [5.74, 6) is 0.320. The number of hydrogen-bond donors (Lipinski definition) is 0. The second kappa shape index (κ2) is 14.7. The van der Waals surface area contributed by atoms with Gasteiger partial charge in [-0.3, -0.25) is 4.79 Å². The molecule has 0 aliphatic heterocycles. The second-order valence-electron chi connectivity index (χ2n) is 9.90. The lowest BCUT2D eigenvalue weighted by molar-refractivity contribution is -0.905. The quantitative estimate of drug-likeness (QED) is 0.121. The highest BCUT2D eigenvalue weighted by molar-refractivity contribution is 5.72. The fourth-order valence-corrected chi connectivity index (χ4v) is 4.29. The molecule has 2 aromatic carbocycles. The van der Waals surface area contributed by atoms with E-state index in [1.165, 1.54) is 56.1 Å². The molecule has 0 saturated heterocycles. The Labute approximate surface area is 201 Å². The molecule has 182 valence electrons. The molecule has 0 aliphatic rings. The van der Waals surface area contributed by atoms with Gasteiger partial charge >= 0.3 is 5.97 Å². The van der Waals surface area contributed by atoms with E-state index in [-0.39, 0.29) is 18.7 Å². The first kappa shape index (κ1) is 26.9. The zero-order chi connectivity index (χ0) is 23.9. The highest BCUT2D eigenvalue weighted by Gasteiger charge is 2.25. The zero-order valence-electron chi connectivity index (χ0n) is 21.2. The van der Waals surface area contributed by atoms with Gasteiger partial charge in [-0.05, 0) is 37.5 Å². The SMILES string of the molecule is CCCCCCCCCc1ccc(OCOC(=O)C(C)C[N+](C)(C)Cc2ccccc2)cc1. The van der Waals surface area contributed by atoms with Crippen LogP contribution in [0.2, 0.25) is 0 Å². The van der Waals surface area contributed by atoms with Gasteiger partial charge in [0.2, 0.25) is 6.79 Å². The normalized spacial score (nSPS) is 12.4. The van der Waals surface area contributed by atoms with Crippen LogP contribution in [0.3, 0.4) is 0 Å². The Bertz CT molecular complexity index is 786. The Morgan fingerprint density at radius 3 is 2.15 bits per heavy atom.